The zero-order chi connectivity index (χ0) is 20.8. The van der Waals surface area contributed by atoms with Crippen LogP contribution >= 0.6 is 0 Å². The molecule has 0 fully saturated rings. The Labute approximate surface area is 168 Å². The van der Waals surface area contributed by atoms with E-state index >= 15 is 0 Å². The van der Waals surface area contributed by atoms with E-state index in [1.165, 1.54) is 0 Å². The zero-order valence-electron chi connectivity index (χ0n) is 16.6. The fourth-order valence-electron chi connectivity index (χ4n) is 2.75. The predicted molar refractivity (Wildman–Crippen MR) is 110 cm³/mol. The first kappa shape index (κ1) is 19.9. The number of aromatic amines is 1. The van der Waals surface area contributed by atoms with Crippen molar-refractivity contribution in [2.45, 2.75) is 6.92 Å². The van der Waals surface area contributed by atoms with Crippen LogP contribution in [0.4, 0.5) is 0 Å². The van der Waals surface area contributed by atoms with Gasteiger partial charge in [0.2, 0.25) is 0 Å². The second-order valence-corrected chi connectivity index (χ2v) is 6.08. The third-order valence-electron chi connectivity index (χ3n) is 4.33. The SMILES string of the molecule is COc1ccc(/C(C)=N/NC(=O)c2cc(-c3ccccc3OC)n[nH]2)cc1OC. The van der Waals surface area contributed by atoms with Gasteiger partial charge in [-0.25, -0.2) is 5.43 Å². The highest BCUT2D eigenvalue weighted by Gasteiger charge is 2.14. The lowest BCUT2D eigenvalue weighted by Crippen LogP contribution is -2.19. The van der Waals surface area contributed by atoms with Gasteiger partial charge in [0.05, 0.1) is 32.7 Å². The summed E-state index contributed by atoms with van der Waals surface area (Å²) in [5.74, 6) is 1.47. The van der Waals surface area contributed by atoms with Crippen molar-refractivity contribution in [3.05, 3.63) is 59.8 Å². The number of hydrazone groups is 1. The first-order chi connectivity index (χ1) is 14.1. The van der Waals surface area contributed by atoms with Gasteiger partial charge < -0.3 is 14.2 Å². The molecule has 1 amide bonds. The maximum Gasteiger partial charge on any atom is 0.289 e. The minimum absolute atomic E-state index is 0.287. The number of hydrogen-bond donors (Lipinski definition) is 2. The largest absolute Gasteiger partial charge is 0.496 e. The van der Waals surface area contributed by atoms with Crippen LogP contribution in [0.1, 0.15) is 23.0 Å². The normalized spacial score (nSPS) is 11.1. The number of carbonyl (C=O) groups is 1. The number of hydrogen-bond acceptors (Lipinski definition) is 6. The Balaban J connectivity index is 1.75. The van der Waals surface area contributed by atoms with Gasteiger partial charge in [-0.05, 0) is 43.3 Å². The molecule has 0 atom stereocenters. The molecule has 3 rings (SSSR count). The number of nitrogens with zero attached hydrogens (tertiary/aromatic N) is 2. The van der Waals surface area contributed by atoms with Gasteiger partial charge in [-0.1, -0.05) is 12.1 Å². The maximum absolute atomic E-state index is 12.4. The molecule has 0 unspecified atom stereocenters. The Morgan fingerprint density at radius 1 is 0.966 bits per heavy atom. The molecule has 0 aliphatic rings. The van der Waals surface area contributed by atoms with Crippen molar-refractivity contribution < 1.29 is 19.0 Å². The van der Waals surface area contributed by atoms with Crippen LogP contribution < -0.4 is 19.6 Å². The second kappa shape index (κ2) is 8.92. The Bertz CT molecular complexity index is 1040. The standard InChI is InChI=1S/C21H22N4O4/c1-13(14-9-10-19(28-3)20(11-14)29-4)22-25-21(26)17-12-16(23-24-17)15-7-5-6-8-18(15)27-2/h5-12H,1-4H3,(H,23,24)(H,25,26)/b22-13+. The van der Waals surface area contributed by atoms with Crippen LogP contribution in [0.5, 0.6) is 17.2 Å². The summed E-state index contributed by atoms with van der Waals surface area (Å²) >= 11 is 0. The van der Waals surface area contributed by atoms with Crippen molar-refractivity contribution >= 4 is 11.6 Å². The van der Waals surface area contributed by atoms with Gasteiger partial charge in [-0.15, -0.1) is 0 Å². The summed E-state index contributed by atoms with van der Waals surface area (Å²) in [6, 6.07) is 14.5. The first-order valence-corrected chi connectivity index (χ1v) is 8.83. The van der Waals surface area contributed by atoms with Crippen molar-refractivity contribution in [2.75, 3.05) is 21.3 Å². The van der Waals surface area contributed by atoms with E-state index in [0.29, 0.717) is 28.7 Å². The van der Waals surface area contributed by atoms with Crippen LogP contribution in [-0.4, -0.2) is 43.1 Å². The Morgan fingerprint density at radius 2 is 1.69 bits per heavy atom. The molecule has 3 aromatic rings. The van der Waals surface area contributed by atoms with Gasteiger partial charge in [-0.2, -0.15) is 10.2 Å². The smallest absolute Gasteiger partial charge is 0.289 e. The fourth-order valence-corrected chi connectivity index (χ4v) is 2.75. The van der Waals surface area contributed by atoms with Crippen molar-refractivity contribution in [3.63, 3.8) is 0 Å². The molecule has 150 valence electrons. The maximum atomic E-state index is 12.4. The van der Waals surface area contributed by atoms with Crippen LogP contribution in [-0.2, 0) is 0 Å². The van der Waals surface area contributed by atoms with Gasteiger partial charge in [0.1, 0.15) is 11.4 Å². The molecule has 0 aliphatic heterocycles. The highest BCUT2D eigenvalue weighted by atomic mass is 16.5. The number of amides is 1. The van der Waals surface area contributed by atoms with Gasteiger partial charge in [0.25, 0.3) is 5.91 Å². The molecule has 8 nitrogen and oxygen atoms in total. The van der Waals surface area contributed by atoms with E-state index in [2.05, 4.69) is 20.7 Å². The lowest BCUT2D eigenvalue weighted by molar-refractivity contribution is 0.0950. The van der Waals surface area contributed by atoms with Gasteiger partial charge in [-0.3, -0.25) is 9.89 Å². The summed E-state index contributed by atoms with van der Waals surface area (Å²) in [7, 11) is 4.72. The first-order valence-electron chi connectivity index (χ1n) is 8.83. The third kappa shape index (κ3) is 4.37. The molecule has 1 aromatic heterocycles. The number of methoxy groups -OCH3 is 3. The van der Waals surface area contributed by atoms with E-state index in [1.54, 1.807) is 46.5 Å². The summed E-state index contributed by atoms with van der Waals surface area (Å²) in [4.78, 5) is 12.4. The average Bonchev–Trinajstić information content (AvgIpc) is 3.26. The van der Waals surface area contributed by atoms with Gasteiger partial charge >= 0.3 is 0 Å². The molecule has 2 aromatic carbocycles. The number of benzene rings is 2. The van der Waals surface area contributed by atoms with Crippen LogP contribution in [0.25, 0.3) is 11.3 Å². The van der Waals surface area contributed by atoms with Crippen molar-refractivity contribution in [3.8, 4) is 28.5 Å². The summed E-state index contributed by atoms with van der Waals surface area (Å²) in [6.45, 7) is 1.79. The highest BCUT2D eigenvalue weighted by Crippen LogP contribution is 2.29. The molecule has 0 saturated carbocycles. The molecule has 8 heteroatoms. The monoisotopic (exact) mass is 394 g/mol. The van der Waals surface area contributed by atoms with Gasteiger partial charge in [0.15, 0.2) is 11.5 Å². The van der Waals surface area contributed by atoms with Crippen molar-refractivity contribution in [1.29, 1.82) is 0 Å². The van der Waals surface area contributed by atoms with Crippen LogP contribution in [0.2, 0.25) is 0 Å². The number of para-hydroxylation sites is 1. The zero-order valence-corrected chi connectivity index (χ0v) is 16.6. The minimum Gasteiger partial charge on any atom is -0.496 e. The van der Waals surface area contributed by atoms with Crippen LogP contribution in [0.3, 0.4) is 0 Å². The van der Waals surface area contributed by atoms with E-state index in [4.69, 9.17) is 14.2 Å². The van der Waals surface area contributed by atoms with E-state index in [0.717, 1.165) is 11.1 Å². The lowest BCUT2D eigenvalue weighted by Gasteiger charge is -2.09. The Hall–Kier alpha value is -3.81. The van der Waals surface area contributed by atoms with Crippen LogP contribution in [0.15, 0.2) is 53.6 Å². The highest BCUT2D eigenvalue weighted by molar-refractivity contribution is 6.01. The summed E-state index contributed by atoms with van der Waals surface area (Å²) in [6.07, 6.45) is 0. The van der Waals surface area contributed by atoms with E-state index in [9.17, 15) is 4.79 Å². The third-order valence-corrected chi connectivity index (χ3v) is 4.33. The van der Waals surface area contributed by atoms with Crippen LogP contribution in [0, 0.1) is 0 Å². The van der Waals surface area contributed by atoms with E-state index in [1.807, 2.05) is 30.3 Å². The Morgan fingerprint density at radius 3 is 2.41 bits per heavy atom. The molecular weight excluding hydrogens is 372 g/mol. The molecule has 0 saturated heterocycles. The molecule has 2 N–H and O–H groups in total. The molecular formula is C21H22N4O4. The fraction of sp³-hybridized carbons (Fsp3) is 0.190. The summed E-state index contributed by atoms with van der Waals surface area (Å²) < 4.78 is 15.9. The second-order valence-electron chi connectivity index (χ2n) is 6.08. The Kier molecular flexibility index (Phi) is 6.13. The summed E-state index contributed by atoms with van der Waals surface area (Å²) in [5.41, 5.74) is 5.62. The minimum atomic E-state index is -0.404. The quantitative estimate of drug-likeness (QED) is 0.473. The molecule has 0 aliphatic carbocycles. The predicted octanol–water partition coefficient (Wildman–Crippen LogP) is 3.26. The topological polar surface area (TPSA) is 97.8 Å². The molecule has 29 heavy (non-hydrogen) atoms. The number of H-pyrrole nitrogens is 1. The average molecular weight is 394 g/mol. The van der Waals surface area contributed by atoms with Gasteiger partial charge in [0, 0.05) is 11.1 Å². The summed E-state index contributed by atoms with van der Waals surface area (Å²) in [5, 5.41) is 11.1. The number of carbonyl (C=O) groups excluding carboxylic acids is 1. The number of rotatable bonds is 7. The lowest BCUT2D eigenvalue weighted by atomic mass is 10.1. The molecule has 0 bridgehead atoms. The molecule has 0 radical (unpaired) electrons. The van der Waals surface area contributed by atoms with E-state index < -0.39 is 5.91 Å². The van der Waals surface area contributed by atoms with Crippen molar-refractivity contribution in [2.24, 2.45) is 5.10 Å². The number of aromatic nitrogens is 2. The van der Waals surface area contributed by atoms with E-state index in [-0.39, 0.29) is 5.69 Å². The molecule has 1 heterocycles. The number of nitrogens with one attached hydrogen (secondary N) is 2. The number of ether oxygens (including phenoxy) is 3. The molecule has 0 spiro atoms. The van der Waals surface area contributed by atoms with Crippen molar-refractivity contribution in [1.82, 2.24) is 15.6 Å².